The number of carbonyl (C=O) groups is 1. The third-order valence-corrected chi connectivity index (χ3v) is 7.00. The molecule has 0 amide bonds. The number of benzene rings is 2. The molecule has 5 nitrogen and oxygen atoms in total. The summed E-state index contributed by atoms with van der Waals surface area (Å²) in [4.78, 5) is 11.0. The molecule has 24 heavy (non-hydrogen) atoms. The summed E-state index contributed by atoms with van der Waals surface area (Å²) < 4.78 is 5.82. The summed E-state index contributed by atoms with van der Waals surface area (Å²) in [5, 5.41) is 20.6. The van der Waals surface area contributed by atoms with Crippen molar-refractivity contribution in [3.8, 4) is 17.2 Å². The van der Waals surface area contributed by atoms with Crippen molar-refractivity contribution in [3.63, 3.8) is 0 Å². The maximum atomic E-state index is 11.5. The molecule has 0 heterocycles. The Morgan fingerprint density at radius 2 is 1.75 bits per heavy atom. The molecule has 2 aromatic rings. The van der Waals surface area contributed by atoms with Gasteiger partial charge in [0.2, 0.25) is 0 Å². The molecule has 1 atom stereocenters. The van der Waals surface area contributed by atoms with Crippen LogP contribution in [0.2, 0.25) is 0 Å². The first kappa shape index (κ1) is 22.7. The van der Waals surface area contributed by atoms with Crippen LogP contribution in [0, 0.1) is 7.14 Å². The van der Waals surface area contributed by atoms with Crippen LogP contribution in [0.25, 0.3) is 0 Å². The van der Waals surface area contributed by atoms with Gasteiger partial charge in [0.05, 0.1) is 3.57 Å². The van der Waals surface area contributed by atoms with Crippen molar-refractivity contribution in [3.05, 3.63) is 49.1 Å². The van der Waals surface area contributed by atoms with Crippen molar-refractivity contribution in [1.82, 2.24) is 0 Å². The molecular weight excluding hydrogens is 662 g/mol. The van der Waals surface area contributed by atoms with E-state index in [-0.39, 0.29) is 41.7 Å². The Labute approximate surface area is 202 Å². The molecule has 122 valence electrons. The summed E-state index contributed by atoms with van der Waals surface area (Å²) >= 11 is 5.79. The summed E-state index contributed by atoms with van der Waals surface area (Å²) in [6.45, 7) is 0. The van der Waals surface area contributed by atoms with E-state index in [1.165, 1.54) is 6.07 Å². The summed E-state index contributed by atoms with van der Waals surface area (Å²) in [5.41, 5.74) is 6.53. The second kappa shape index (κ2) is 9.55. The van der Waals surface area contributed by atoms with Crippen molar-refractivity contribution in [2.24, 2.45) is 5.73 Å². The Balaban J connectivity index is 0.00000288. The molecule has 0 spiro atoms. The normalized spacial score (nSPS) is 12.8. The number of halogens is 3. The van der Waals surface area contributed by atoms with Gasteiger partial charge in [0, 0.05) is 9.99 Å². The van der Waals surface area contributed by atoms with Crippen molar-refractivity contribution < 1.29 is 49.3 Å². The number of nitrogens with two attached hydrogens (primary N) is 1. The molecule has 0 aromatic heterocycles. The van der Waals surface area contributed by atoms with Gasteiger partial charge in [0.15, 0.2) is 3.55 Å². The van der Waals surface area contributed by atoms with E-state index in [1.54, 1.807) is 52.9 Å². The third kappa shape index (κ3) is 5.84. The summed E-state index contributed by atoms with van der Waals surface area (Å²) in [5.74, 6) is 0.121. The van der Waals surface area contributed by atoms with Gasteiger partial charge in [0.1, 0.15) is 11.5 Å². The van der Waals surface area contributed by atoms with Crippen LogP contribution in [0.1, 0.15) is 5.56 Å². The number of rotatable bonds is 5. The Bertz CT molecular complexity index is 738. The second-order valence-electron chi connectivity index (χ2n) is 4.78. The Hall–Kier alpha value is 0.660. The van der Waals surface area contributed by atoms with E-state index in [9.17, 15) is 9.90 Å². The average Bonchev–Trinajstić information content (AvgIpc) is 2.49. The van der Waals surface area contributed by atoms with Gasteiger partial charge < -0.3 is 20.7 Å². The van der Waals surface area contributed by atoms with E-state index in [0.717, 1.165) is 9.13 Å². The minimum atomic E-state index is -1.34. The molecule has 0 bridgehead atoms. The molecule has 3 N–H and O–H groups in total. The van der Waals surface area contributed by atoms with Crippen LogP contribution < -0.4 is 45.1 Å². The van der Waals surface area contributed by atoms with Crippen LogP contribution in [0.3, 0.4) is 0 Å². The van der Waals surface area contributed by atoms with E-state index in [4.69, 9.17) is 15.6 Å². The van der Waals surface area contributed by atoms with Crippen molar-refractivity contribution in [2.75, 3.05) is 0 Å². The zero-order valence-electron chi connectivity index (χ0n) is 12.6. The fourth-order valence-electron chi connectivity index (χ4n) is 1.77. The topological polar surface area (TPSA) is 95.6 Å². The van der Waals surface area contributed by atoms with Crippen LogP contribution >= 0.6 is 67.8 Å². The van der Waals surface area contributed by atoms with Gasteiger partial charge in [-0.15, -0.1) is 0 Å². The first-order valence-electron chi connectivity index (χ1n) is 6.33. The van der Waals surface area contributed by atoms with Crippen molar-refractivity contribution >= 4 is 73.7 Å². The first-order valence-corrected chi connectivity index (χ1v) is 9.57. The van der Waals surface area contributed by atoms with Gasteiger partial charge in [-0.1, -0.05) is 23.9 Å². The molecule has 0 aliphatic rings. The smallest absolute Gasteiger partial charge is 0.872 e. The molecule has 2 aromatic carbocycles. The minimum absolute atomic E-state index is 0. The average molecular weight is 673 g/mol. The van der Waals surface area contributed by atoms with Gasteiger partial charge in [-0.05, 0) is 91.5 Å². The molecule has 0 fully saturated rings. The summed E-state index contributed by atoms with van der Waals surface area (Å²) in [6.07, 6.45) is 0.212. The molecule has 0 aliphatic heterocycles. The molecule has 9 heteroatoms. The Morgan fingerprint density at radius 1 is 1.17 bits per heavy atom. The number of aliphatic carboxylic acids is 1. The fraction of sp³-hybridized carbons (Fsp3) is 0.133. The number of hydrogen-bond donors (Lipinski definition) is 2. The second-order valence-corrected chi connectivity index (χ2v) is 8.86. The van der Waals surface area contributed by atoms with E-state index in [0.29, 0.717) is 15.1 Å². The third-order valence-electron chi connectivity index (χ3n) is 2.98. The molecule has 0 saturated heterocycles. The van der Waals surface area contributed by atoms with Crippen molar-refractivity contribution in [2.45, 2.75) is 9.97 Å². The maximum absolute atomic E-state index is 11.5. The molecular formula is C15H11I3NNaO4. The van der Waals surface area contributed by atoms with Gasteiger partial charge in [-0.3, -0.25) is 0 Å². The van der Waals surface area contributed by atoms with Gasteiger partial charge in [-0.25, -0.2) is 4.79 Å². The van der Waals surface area contributed by atoms with Crippen LogP contribution in [-0.2, 0) is 11.2 Å². The minimum Gasteiger partial charge on any atom is -0.872 e. The molecule has 2 rings (SSSR count). The van der Waals surface area contributed by atoms with E-state index in [1.807, 2.05) is 22.6 Å². The quantitative estimate of drug-likeness (QED) is 0.209. The monoisotopic (exact) mass is 673 g/mol. The Morgan fingerprint density at radius 3 is 2.29 bits per heavy atom. The zero-order chi connectivity index (χ0) is 17.2. The van der Waals surface area contributed by atoms with E-state index < -0.39 is 9.51 Å². The molecule has 0 aliphatic carbocycles. The maximum Gasteiger partial charge on any atom is 1.00 e. The number of alkyl halides is 1. The van der Waals surface area contributed by atoms with Gasteiger partial charge >= 0.3 is 35.5 Å². The first-order chi connectivity index (χ1) is 10.7. The van der Waals surface area contributed by atoms with E-state index >= 15 is 0 Å². The largest absolute Gasteiger partial charge is 1.00 e. The van der Waals surface area contributed by atoms with Crippen LogP contribution in [0.15, 0.2) is 36.4 Å². The summed E-state index contributed by atoms with van der Waals surface area (Å²) in [7, 11) is 0. The predicted molar refractivity (Wildman–Crippen MR) is 110 cm³/mol. The van der Waals surface area contributed by atoms with E-state index in [2.05, 4.69) is 22.6 Å². The van der Waals surface area contributed by atoms with Crippen LogP contribution in [-0.4, -0.2) is 14.6 Å². The standard InChI is InChI=1S/C15H12I3NO4.Na/c16-12-10(20)5-6-11(13(12)17)23-9-3-1-8(2-4-9)7-15(18,19)14(21)22;/h1-6,20H,7,19H2,(H,21,22);/q;+1/p-1/t15-;/m1./s1. The number of carboxylic acid groups (broad SMARTS) is 1. The number of carboxylic acids is 1. The fourth-order valence-corrected chi connectivity index (χ4v) is 3.21. The van der Waals surface area contributed by atoms with Crippen LogP contribution in [0.4, 0.5) is 0 Å². The zero-order valence-corrected chi connectivity index (χ0v) is 21.0. The SMILES string of the molecule is N[C@](I)(Cc1ccc(Oc2ccc([O-])c(I)c2I)cc1)C(=O)O.[Na+]. The molecule has 0 unspecified atom stereocenters. The summed E-state index contributed by atoms with van der Waals surface area (Å²) in [6, 6.07) is 10.2. The predicted octanol–water partition coefficient (Wildman–Crippen LogP) is 0.483. The Kier molecular flexibility index (Phi) is 9.04. The van der Waals surface area contributed by atoms with Gasteiger partial charge in [0.25, 0.3) is 0 Å². The molecule has 0 saturated carbocycles. The molecule has 0 radical (unpaired) electrons. The number of hydrogen-bond acceptors (Lipinski definition) is 4. The van der Waals surface area contributed by atoms with Crippen molar-refractivity contribution in [1.29, 1.82) is 0 Å². The van der Waals surface area contributed by atoms with Crippen LogP contribution in [0.5, 0.6) is 17.2 Å². The van der Waals surface area contributed by atoms with Gasteiger partial charge in [-0.2, -0.15) is 0 Å². The number of ether oxygens (including phenoxy) is 1.